The van der Waals surface area contributed by atoms with E-state index in [4.69, 9.17) is 4.74 Å². The van der Waals surface area contributed by atoms with Gasteiger partial charge in [0.25, 0.3) is 0 Å². The first kappa shape index (κ1) is 13.5. The van der Waals surface area contributed by atoms with Gasteiger partial charge in [0.2, 0.25) is 0 Å². The van der Waals surface area contributed by atoms with Gasteiger partial charge in [-0.05, 0) is 38.3 Å². The summed E-state index contributed by atoms with van der Waals surface area (Å²) in [6.07, 6.45) is 9.79. The van der Waals surface area contributed by atoms with Gasteiger partial charge in [-0.2, -0.15) is 0 Å². The Kier molecular flexibility index (Phi) is 3.88. The standard InChI is InChI=1S/C17H23BrO/c1-13-6-8-14(9-7-13)19-16-12-15(18)17(16)10-4-2-3-5-11-17/h6-9,15-16H,2-5,10-12H2,1H3. The Morgan fingerprint density at radius 2 is 1.68 bits per heavy atom. The number of ether oxygens (including phenoxy) is 1. The number of alkyl halides is 1. The molecule has 1 aromatic rings. The molecule has 1 aromatic carbocycles. The molecule has 2 unspecified atom stereocenters. The third-order valence-electron chi connectivity index (χ3n) is 5.02. The van der Waals surface area contributed by atoms with E-state index in [1.54, 1.807) is 0 Å². The molecule has 0 amide bonds. The maximum atomic E-state index is 6.29. The SMILES string of the molecule is Cc1ccc(OC2CC(Br)C23CCCCCC3)cc1. The third kappa shape index (κ3) is 2.56. The number of hydrogen-bond acceptors (Lipinski definition) is 1. The van der Waals surface area contributed by atoms with Crippen LogP contribution < -0.4 is 4.74 Å². The van der Waals surface area contributed by atoms with Crippen LogP contribution in [0.5, 0.6) is 5.75 Å². The summed E-state index contributed by atoms with van der Waals surface area (Å²) in [5, 5.41) is 0. The molecular formula is C17H23BrO. The summed E-state index contributed by atoms with van der Waals surface area (Å²) in [6, 6.07) is 8.50. The molecule has 19 heavy (non-hydrogen) atoms. The summed E-state index contributed by atoms with van der Waals surface area (Å²) < 4.78 is 6.29. The number of rotatable bonds is 2. The molecule has 0 N–H and O–H groups in total. The fraction of sp³-hybridized carbons (Fsp3) is 0.647. The molecule has 0 radical (unpaired) electrons. The van der Waals surface area contributed by atoms with Crippen LogP contribution >= 0.6 is 15.9 Å². The smallest absolute Gasteiger partial charge is 0.119 e. The maximum Gasteiger partial charge on any atom is 0.119 e. The largest absolute Gasteiger partial charge is 0.490 e. The number of hydrogen-bond donors (Lipinski definition) is 0. The highest BCUT2D eigenvalue weighted by Crippen LogP contribution is 2.55. The van der Waals surface area contributed by atoms with Gasteiger partial charge in [-0.1, -0.05) is 59.3 Å². The zero-order valence-corrected chi connectivity index (χ0v) is 13.3. The highest BCUT2D eigenvalue weighted by Gasteiger charge is 2.54. The van der Waals surface area contributed by atoms with Crippen LogP contribution in [0.25, 0.3) is 0 Å². The fourth-order valence-corrected chi connectivity index (χ4v) is 4.76. The first-order valence-corrected chi connectivity index (χ1v) is 8.50. The Morgan fingerprint density at radius 1 is 1.05 bits per heavy atom. The minimum Gasteiger partial charge on any atom is -0.490 e. The minimum atomic E-state index is 0.404. The van der Waals surface area contributed by atoms with Gasteiger partial charge in [0.1, 0.15) is 11.9 Å². The van der Waals surface area contributed by atoms with E-state index in [1.807, 2.05) is 0 Å². The molecule has 2 saturated carbocycles. The lowest BCUT2D eigenvalue weighted by molar-refractivity contribution is -0.0462. The van der Waals surface area contributed by atoms with Crippen LogP contribution in [-0.4, -0.2) is 10.9 Å². The van der Waals surface area contributed by atoms with E-state index in [0.29, 0.717) is 16.3 Å². The lowest BCUT2D eigenvalue weighted by atomic mass is 9.61. The summed E-state index contributed by atoms with van der Waals surface area (Å²) in [5.74, 6) is 1.04. The van der Waals surface area contributed by atoms with Crippen molar-refractivity contribution in [3.63, 3.8) is 0 Å². The Labute approximate surface area is 124 Å². The van der Waals surface area contributed by atoms with E-state index in [0.717, 1.165) is 12.2 Å². The van der Waals surface area contributed by atoms with E-state index >= 15 is 0 Å². The van der Waals surface area contributed by atoms with Crippen LogP contribution in [0.4, 0.5) is 0 Å². The molecule has 2 heteroatoms. The van der Waals surface area contributed by atoms with E-state index in [1.165, 1.54) is 44.1 Å². The van der Waals surface area contributed by atoms with Crippen LogP contribution in [0.2, 0.25) is 0 Å². The molecule has 1 spiro atoms. The molecule has 0 aliphatic heterocycles. The van der Waals surface area contributed by atoms with Crippen LogP contribution in [0.3, 0.4) is 0 Å². The summed E-state index contributed by atoms with van der Waals surface area (Å²) in [4.78, 5) is 0.661. The van der Waals surface area contributed by atoms with Crippen molar-refractivity contribution in [2.75, 3.05) is 0 Å². The Hall–Kier alpha value is -0.500. The van der Waals surface area contributed by atoms with Gasteiger partial charge in [0.15, 0.2) is 0 Å². The molecule has 104 valence electrons. The maximum absolute atomic E-state index is 6.29. The van der Waals surface area contributed by atoms with Crippen LogP contribution in [-0.2, 0) is 0 Å². The molecule has 2 aliphatic rings. The third-order valence-corrected chi connectivity index (χ3v) is 6.31. The van der Waals surface area contributed by atoms with Gasteiger partial charge in [-0.15, -0.1) is 0 Å². The van der Waals surface area contributed by atoms with Gasteiger partial charge in [0.05, 0.1) is 0 Å². The highest BCUT2D eigenvalue weighted by atomic mass is 79.9. The Balaban J connectivity index is 1.72. The molecule has 2 atom stereocenters. The van der Waals surface area contributed by atoms with Gasteiger partial charge in [-0.25, -0.2) is 0 Å². The first-order valence-electron chi connectivity index (χ1n) is 7.58. The highest BCUT2D eigenvalue weighted by molar-refractivity contribution is 9.09. The second kappa shape index (κ2) is 5.47. The predicted molar refractivity (Wildman–Crippen MR) is 83.1 cm³/mol. The molecule has 1 nitrogen and oxygen atoms in total. The quantitative estimate of drug-likeness (QED) is 0.675. The second-order valence-corrected chi connectivity index (χ2v) is 7.38. The molecule has 0 aromatic heterocycles. The van der Waals surface area contributed by atoms with Crippen molar-refractivity contribution in [3.8, 4) is 5.75 Å². The van der Waals surface area contributed by atoms with Crippen molar-refractivity contribution in [2.24, 2.45) is 5.41 Å². The van der Waals surface area contributed by atoms with Crippen LogP contribution in [0, 0.1) is 12.3 Å². The summed E-state index contributed by atoms with van der Waals surface area (Å²) in [5.41, 5.74) is 1.70. The van der Waals surface area contributed by atoms with Crippen molar-refractivity contribution in [2.45, 2.75) is 62.8 Å². The van der Waals surface area contributed by atoms with Crippen molar-refractivity contribution < 1.29 is 4.74 Å². The lowest BCUT2D eigenvalue weighted by Crippen LogP contribution is -2.56. The van der Waals surface area contributed by atoms with Crippen molar-refractivity contribution in [1.82, 2.24) is 0 Å². The lowest BCUT2D eigenvalue weighted by Gasteiger charge is -2.53. The van der Waals surface area contributed by atoms with E-state index in [9.17, 15) is 0 Å². The number of aryl methyl sites for hydroxylation is 1. The van der Waals surface area contributed by atoms with E-state index in [2.05, 4.69) is 47.1 Å². The monoisotopic (exact) mass is 322 g/mol. The molecule has 0 bridgehead atoms. The number of benzene rings is 1. The van der Waals surface area contributed by atoms with Crippen molar-refractivity contribution in [1.29, 1.82) is 0 Å². The topological polar surface area (TPSA) is 9.23 Å². The molecular weight excluding hydrogens is 300 g/mol. The average Bonchev–Trinajstić information content (AvgIpc) is 2.68. The second-order valence-electron chi connectivity index (χ2n) is 6.27. The molecule has 2 fully saturated rings. The average molecular weight is 323 g/mol. The molecule has 0 heterocycles. The van der Waals surface area contributed by atoms with Crippen molar-refractivity contribution >= 4 is 15.9 Å². The van der Waals surface area contributed by atoms with Gasteiger partial charge in [0, 0.05) is 10.2 Å². The minimum absolute atomic E-state index is 0.404. The Morgan fingerprint density at radius 3 is 2.26 bits per heavy atom. The zero-order chi connectivity index (χ0) is 13.3. The first-order chi connectivity index (χ1) is 9.21. The zero-order valence-electron chi connectivity index (χ0n) is 11.7. The predicted octanol–water partition coefficient (Wildman–Crippen LogP) is 5.25. The van der Waals surface area contributed by atoms with Crippen molar-refractivity contribution in [3.05, 3.63) is 29.8 Å². The molecule has 0 saturated heterocycles. The van der Waals surface area contributed by atoms with E-state index in [-0.39, 0.29) is 0 Å². The normalized spacial score (nSPS) is 29.6. The van der Waals surface area contributed by atoms with Crippen LogP contribution in [0.1, 0.15) is 50.5 Å². The van der Waals surface area contributed by atoms with Gasteiger partial charge >= 0.3 is 0 Å². The fourth-order valence-electron chi connectivity index (χ4n) is 3.67. The molecule has 2 aliphatic carbocycles. The number of halogens is 1. The van der Waals surface area contributed by atoms with Gasteiger partial charge in [-0.3, -0.25) is 0 Å². The summed E-state index contributed by atoms with van der Waals surface area (Å²) in [7, 11) is 0. The summed E-state index contributed by atoms with van der Waals surface area (Å²) >= 11 is 3.90. The Bertz CT molecular complexity index is 417. The summed E-state index contributed by atoms with van der Waals surface area (Å²) in [6.45, 7) is 2.12. The van der Waals surface area contributed by atoms with Gasteiger partial charge < -0.3 is 4.74 Å². The molecule has 3 rings (SSSR count). The van der Waals surface area contributed by atoms with Crippen LogP contribution in [0.15, 0.2) is 24.3 Å². The van der Waals surface area contributed by atoms with E-state index < -0.39 is 0 Å².